The molecule has 70 valence electrons. The average Bonchev–Trinajstić information content (AvgIpc) is 3.00. The molecular formula is C9H11NO3. The van der Waals surface area contributed by atoms with E-state index < -0.39 is 0 Å². The fourth-order valence-corrected chi connectivity index (χ4v) is 1.29. The van der Waals surface area contributed by atoms with Gasteiger partial charge in [0.15, 0.2) is 0 Å². The van der Waals surface area contributed by atoms with Gasteiger partial charge in [-0.25, -0.2) is 0 Å². The maximum absolute atomic E-state index is 5.19. The second kappa shape index (κ2) is 3.22. The van der Waals surface area contributed by atoms with Crippen LogP contribution in [0.3, 0.4) is 0 Å². The molecule has 4 heteroatoms. The number of pyridine rings is 1. The number of aromatic nitrogens is 1. The largest absolute Gasteiger partial charge is 0.495 e. The normalized spacial score (nSPS) is 19.7. The third-order valence-electron chi connectivity index (χ3n) is 2.01. The third-order valence-corrected chi connectivity index (χ3v) is 2.01. The molecule has 0 amide bonds. The lowest BCUT2D eigenvalue weighted by atomic mass is 10.2. The predicted octanol–water partition coefficient (Wildman–Crippen LogP) is 1.17. The van der Waals surface area contributed by atoms with Crippen molar-refractivity contribution in [3.8, 4) is 11.5 Å². The van der Waals surface area contributed by atoms with Crippen LogP contribution >= 0.6 is 0 Å². The Morgan fingerprint density at radius 1 is 1.31 bits per heavy atom. The van der Waals surface area contributed by atoms with Crippen LogP contribution in [0, 0.1) is 0 Å². The van der Waals surface area contributed by atoms with Gasteiger partial charge in [0.1, 0.15) is 17.6 Å². The molecule has 4 nitrogen and oxygen atoms in total. The molecule has 0 unspecified atom stereocenters. The number of hydrogen-bond donors (Lipinski definition) is 0. The van der Waals surface area contributed by atoms with Gasteiger partial charge in [-0.2, -0.15) is 0 Å². The molecule has 0 aliphatic carbocycles. The summed E-state index contributed by atoms with van der Waals surface area (Å²) in [5.41, 5.74) is 0.958. The Labute approximate surface area is 76.4 Å². The number of nitrogens with zero attached hydrogens (tertiary/aromatic N) is 1. The monoisotopic (exact) mass is 181 g/mol. The van der Waals surface area contributed by atoms with Gasteiger partial charge in [-0.15, -0.1) is 0 Å². The van der Waals surface area contributed by atoms with Gasteiger partial charge in [0.05, 0.1) is 38.8 Å². The van der Waals surface area contributed by atoms with Gasteiger partial charge < -0.3 is 14.2 Å². The molecule has 13 heavy (non-hydrogen) atoms. The van der Waals surface area contributed by atoms with E-state index in [0.717, 1.165) is 23.7 Å². The average molecular weight is 181 g/mol. The lowest BCUT2D eigenvalue weighted by molar-refractivity contribution is 0.357. The first-order valence-corrected chi connectivity index (χ1v) is 4.04. The van der Waals surface area contributed by atoms with Crippen molar-refractivity contribution in [2.24, 2.45) is 0 Å². The summed E-state index contributed by atoms with van der Waals surface area (Å²) in [6.45, 7) is 0.733. The number of ether oxygens (including phenoxy) is 3. The van der Waals surface area contributed by atoms with Crippen molar-refractivity contribution in [1.82, 2.24) is 4.98 Å². The van der Waals surface area contributed by atoms with Crippen molar-refractivity contribution in [3.63, 3.8) is 0 Å². The molecule has 0 aromatic carbocycles. The summed E-state index contributed by atoms with van der Waals surface area (Å²) < 4.78 is 15.5. The molecule has 1 aromatic rings. The summed E-state index contributed by atoms with van der Waals surface area (Å²) in [4.78, 5) is 3.99. The zero-order chi connectivity index (χ0) is 9.26. The fraction of sp³-hybridized carbons (Fsp3) is 0.444. The van der Waals surface area contributed by atoms with Crippen LogP contribution < -0.4 is 9.47 Å². The van der Waals surface area contributed by atoms with Gasteiger partial charge in [0.25, 0.3) is 0 Å². The van der Waals surface area contributed by atoms with Crippen LogP contribution in [-0.4, -0.2) is 25.8 Å². The molecule has 1 aliphatic rings. The Morgan fingerprint density at radius 2 is 1.85 bits per heavy atom. The first-order valence-electron chi connectivity index (χ1n) is 4.04. The van der Waals surface area contributed by atoms with E-state index in [1.165, 1.54) is 0 Å². The van der Waals surface area contributed by atoms with E-state index in [-0.39, 0.29) is 6.10 Å². The van der Waals surface area contributed by atoms with E-state index in [9.17, 15) is 0 Å². The molecule has 2 rings (SSSR count). The van der Waals surface area contributed by atoms with E-state index in [0.29, 0.717) is 0 Å². The molecule has 1 atom stereocenters. The smallest absolute Gasteiger partial charge is 0.146 e. The number of methoxy groups -OCH3 is 2. The topological polar surface area (TPSA) is 43.9 Å². The Morgan fingerprint density at radius 3 is 2.23 bits per heavy atom. The molecule has 2 heterocycles. The Balaban J connectivity index is 2.44. The van der Waals surface area contributed by atoms with Crippen molar-refractivity contribution in [3.05, 3.63) is 18.0 Å². The van der Waals surface area contributed by atoms with Crippen molar-refractivity contribution in [1.29, 1.82) is 0 Å². The molecule has 0 radical (unpaired) electrons. The molecule has 1 saturated heterocycles. The quantitative estimate of drug-likeness (QED) is 0.656. The fourth-order valence-electron chi connectivity index (χ4n) is 1.29. The Bertz CT molecular complexity index is 287. The first kappa shape index (κ1) is 8.31. The summed E-state index contributed by atoms with van der Waals surface area (Å²) in [6.07, 6.45) is 3.45. The summed E-state index contributed by atoms with van der Waals surface area (Å²) >= 11 is 0. The molecule has 0 saturated carbocycles. The molecule has 0 bridgehead atoms. The second-order valence-electron chi connectivity index (χ2n) is 2.78. The molecule has 1 aliphatic heterocycles. The summed E-state index contributed by atoms with van der Waals surface area (Å²) in [7, 11) is 3.23. The predicted molar refractivity (Wildman–Crippen MR) is 46.0 cm³/mol. The lowest BCUT2D eigenvalue weighted by Gasteiger charge is -2.09. The van der Waals surface area contributed by atoms with Crippen molar-refractivity contribution in [2.75, 3.05) is 20.8 Å². The highest BCUT2D eigenvalue weighted by molar-refractivity contribution is 5.44. The van der Waals surface area contributed by atoms with Gasteiger partial charge in [-0.05, 0) is 0 Å². The molecule has 1 fully saturated rings. The zero-order valence-electron chi connectivity index (χ0n) is 7.61. The molecule has 0 spiro atoms. The van der Waals surface area contributed by atoms with Gasteiger partial charge >= 0.3 is 0 Å². The van der Waals surface area contributed by atoms with Crippen LogP contribution in [0.15, 0.2) is 12.4 Å². The van der Waals surface area contributed by atoms with Gasteiger partial charge in [-0.1, -0.05) is 0 Å². The Hall–Kier alpha value is -1.29. The SMILES string of the molecule is COc1cncc(OC)c1[C@H]1CO1. The molecule has 1 aromatic heterocycles. The van der Waals surface area contributed by atoms with Gasteiger partial charge in [0, 0.05) is 0 Å². The maximum atomic E-state index is 5.19. The number of epoxide rings is 1. The van der Waals surface area contributed by atoms with Crippen LogP contribution in [-0.2, 0) is 4.74 Å². The van der Waals surface area contributed by atoms with Gasteiger partial charge in [-0.3, -0.25) is 4.98 Å². The van der Waals surface area contributed by atoms with Crippen molar-refractivity contribution >= 4 is 0 Å². The van der Waals surface area contributed by atoms with Crippen LogP contribution in [0.5, 0.6) is 11.5 Å². The molecule has 0 N–H and O–H groups in total. The lowest BCUT2D eigenvalue weighted by Crippen LogP contribution is -1.96. The minimum atomic E-state index is 0.118. The van der Waals surface area contributed by atoms with Crippen LogP contribution in [0.2, 0.25) is 0 Å². The summed E-state index contributed by atoms with van der Waals surface area (Å²) in [6, 6.07) is 0. The number of rotatable bonds is 3. The first-order chi connectivity index (χ1) is 6.36. The van der Waals surface area contributed by atoms with Gasteiger partial charge in [0.2, 0.25) is 0 Å². The number of hydrogen-bond acceptors (Lipinski definition) is 4. The Kier molecular flexibility index (Phi) is 2.06. The van der Waals surface area contributed by atoms with E-state index in [4.69, 9.17) is 14.2 Å². The van der Waals surface area contributed by atoms with Crippen LogP contribution in [0.25, 0.3) is 0 Å². The highest BCUT2D eigenvalue weighted by Gasteiger charge is 2.31. The zero-order valence-corrected chi connectivity index (χ0v) is 7.61. The van der Waals surface area contributed by atoms with E-state index in [1.807, 2.05) is 0 Å². The minimum absolute atomic E-state index is 0.118. The van der Waals surface area contributed by atoms with Crippen molar-refractivity contribution in [2.45, 2.75) is 6.10 Å². The van der Waals surface area contributed by atoms with Crippen LogP contribution in [0.4, 0.5) is 0 Å². The standard InChI is InChI=1S/C9H11NO3/c1-11-6-3-10-4-7(12-2)9(6)8-5-13-8/h3-4,8H,5H2,1-2H3/t8-/m1/s1. The minimum Gasteiger partial charge on any atom is -0.495 e. The highest BCUT2D eigenvalue weighted by Crippen LogP contribution is 2.41. The second-order valence-corrected chi connectivity index (χ2v) is 2.78. The summed E-state index contributed by atoms with van der Waals surface area (Å²) in [5, 5.41) is 0. The van der Waals surface area contributed by atoms with Crippen LogP contribution in [0.1, 0.15) is 11.7 Å². The summed E-state index contributed by atoms with van der Waals surface area (Å²) in [5.74, 6) is 1.45. The van der Waals surface area contributed by atoms with E-state index in [2.05, 4.69) is 4.98 Å². The van der Waals surface area contributed by atoms with E-state index >= 15 is 0 Å². The van der Waals surface area contributed by atoms with Crippen molar-refractivity contribution < 1.29 is 14.2 Å². The molecular weight excluding hydrogens is 170 g/mol. The third kappa shape index (κ3) is 1.45. The van der Waals surface area contributed by atoms with E-state index in [1.54, 1.807) is 26.6 Å². The maximum Gasteiger partial charge on any atom is 0.146 e. The highest BCUT2D eigenvalue weighted by atomic mass is 16.6.